The molecule has 1 aromatic carbocycles. The van der Waals surface area contributed by atoms with Crippen LogP contribution in [0.2, 0.25) is 0 Å². The lowest BCUT2D eigenvalue weighted by atomic mass is 10.3. The number of amides is 1. The molecule has 1 aromatic rings. The number of rotatable bonds is 7. The normalized spacial score (nSPS) is 14.4. The zero-order valence-electron chi connectivity index (χ0n) is 12.0. The van der Waals surface area contributed by atoms with E-state index in [1.165, 1.54) is 12.1 Å². The van der Waals surface area contributed by atoms with E-state index in [-0.39, 0.29) is 17.3 Å². The van der Waals surface area contributed by atoms with Gasteiger partial charge in [-0.25, -0.2) is 8.42 Å². The third-order valence-electron chi connectivity index (χ3n) is 3.29. The Kier molecular flexibility index (Phi) is 4.65. The third kappa shape index (κ3) is 4.42. The molecule has 0 heterocycles. The third-order valence-corrected chi connectivity index (χ3v) is 4.42. The minimum Gasteiger partial charge on any atom is -0.376 e. The summed E-state index contributed by atoms with van der Waals surface area (Å²) in [4.78, 5) is 21.3. The van der Waals surface area contributed by atoms with E-state index in [4.69, 9.17) is 0 Å². The van der Waals surface area contributed by atoms with E-state index in [1.807, 2.05) is 0 Å². The summed E-state index contributed by atoms with van der Waals surface area (Å²) in [6, 6.07) is 3.66. The molecule has 0 spiro atoms. The maximum atomic E-state index is 11.6. The summed E-state index contributed by atoms with van der Waals surface area (Å²) < 4.78 is 23.2. The molecule has 0 aliphatic heterocycles. The van der Waals surface area contributed by atoms with Gasteiger partial charge in [-0.15, -0.1) is 0 Å². The molecule has 2 N–H and O–H groups in total. The number of hydrogen-bond donors (Lipinski definition) is 2. The molecule has 1 aliphatic carbocycles. The van der Waals surface area contributed by atoms with Gasteiger partial charge >= 0.3 is 0 Å². The van der Waals surface area contributed by atoms with Gasteiger partial charge in [-0.1, -0.05) is 0 Å². The molecule has 1 amide bonds. The van der Waals surface area contributed by atoms with Crippen LogP contribution >= 0.6 is 0 Å². The first-order valence-corrected chi connectivity index (χ1v) is 8.65. The quantitative estimate of drug-likeness (QED) is 0.568. The Balaban J connectivity index is 2.04. The highest BCUT2D eigenvalue weighted by atomic mass is 32.2. The molecule has 0 aromatic heterocycles. The van der Waals surface area contributed by atoms with Crippen molar-refractivity contribution in [3.05, 3.63) is 28.3 Å². The minimum absolute atomic E-state index is 0.0201. The monoisotopic (exact) mass is 327 g/mol. The smallest absolute Gasteiger partial charge is 0.288 e. The van der Waals surface area contributed by atoms with Gasteiger partial charge in [-0.05, 0) is 30.9 Å². The van der Waals surface area contributed by atoms with Gasteiger partial charge in [0.2, 0.25) is 5.91 Å². The fourth-order valence-corrected chi connectivity index (χ4v) is 2.76. The number of nitrogens with zero attached hydrogens (tertiary/aromatic N) is 1. The first-order chi connectivity index (χ1) is 10.3. The molecule has 1 fully saturated rings. The van der Waals surface area contributed by atoms with Gasteiger partial charge in [0.05, 0.1) is 11.5 Å². The predicted molar refractivity (Wildman–Crippen MR) is 80.4 cm³/mol. The van der Waals surface area contributed by atoms with Crippen molar-refractivity contribution in [2.24, 2.45) is 5.92 Å². The Hall–Kier alpha value is -2.16. The van der Waals surface area contributed by atoms with Gasteiger partial charge in [0.25, 0.3) is 5.69 Å². The van der Waals surface area contributed by atoms with Crippen molar-refractivity contribution >= 4 is 27.1 Å². The summed E-state index contributed by atoms with van der Waals surface area (Å²) in [6.45, 7) is 0.628. The van der Waals surface area contributed by atoms with Crippen LogP contribution in [0, 0.1) is 16.0 Å². The van der Waals surface area contributed by atoms with E-state index >= 15 is 0 Å². The van der Waals surface area contributed by atoms with Crippen LogP contribution in [-0.2, 0) is 14.6 Å². The fourth-order valence-electron chi connectivity index (χ4n) is 1.90. The number of hydrogen-bond acceptors (Lipinski definition) is 6. The van der Waals surface area contributed by atoms with Gasteiger partial charge in [-0.2, -0.15) is 0 Å². The Bertz CT molecular complexity index is 698. The standard InChI is InChI=1S/C13H17N3O5S/c1-22(20,21)12-6-10(4-5-11(12)16(18)19)14-8-13(17)15-7-9-2-3-9/h4-6,9,14H,2-3,7-8H2,1H3,(H,15,17). The molecule has 22 heavy (non-hydrogen) atoms. The average molecular weight is 327 g/mol. The first kappa shape index (κ1) is 16.2. The van der Waals surface area contributed by atoms with E-state index in [0.717, 1.165) is 25.2 Å². The molecule has 0 radical (unpaired) electrons. The van der Waals surface area contributed by atoms with E-state index in [2.05, 4.69) is 10.6 Å². The molecule has 0 bridgehead atoms. The van der Waals surface area contributed by atoms with Gasteiger partial charge in [0.15, 0.2) is 9.84 Å². The van der Waals surface area contributed by atoms with E-state index < -0.39 is 20.4 Å². The lowest BCUT2D eigenvalue weighted by Crippen LogP contribution is -2.31. The molecule has 0 atom stereocenters. The van der Waals surface area contributed by atoms with Gasteiger partial charge in [0.1, 0.15) is 4.90 Å². The molecule has 120 valence electrons. The number of nitro benzene ring substituents is 1. The molecule has 1 saturated carbocycles. The van der Waals surface area contributed by atoms with Crippen molar-refractivity contribution < 1.29 is 18.1 Å². The summed E-state index contributed by atoms with van der Waals surface area (Å²) in [6.07, 6.45) is 3.17. The van der Waals surface area contributed by atoms with Crippen LogP contribution in [0.3, 0.4) is 0 Å². The summed E-state index contributed by atoms with van der Waals surface area (Å²) in [7, 11) is -3.73. The highest BCUT2D eigenvalue weighted by molar-refractivity contribution is 7.90. The van der Waals surface area contributed by atoms with Crippen LogP contribution < -0.4 is 10.6 Å². The van der Waals surface area contributed by atoms with Crippen LogP contribution in [-0.4, -0.2) is 38.6 Å². The molecular formula is C13H17N3O5S. The molecule has 1 aliphatic rings. The second-order valence-corrected chi connectivity index (χ2v) is 7.30. The van der Waals surface area contributed by atoms with Gasteiger partial charge in [-0.3, -0.25) is 14.9 Å². The fraction of sp³-hybridized carbons (Fsp3) is 0.462. The van der Waals surface area contributed by atoms with Crippen molar-refractivity contribution in [2.45, 2.75) is 17.7 Å². The Labute approximate surface area is 128 Å². The average Bonchev–Trinajstić information content (AvgIpc) is 3.25. The molecule has 9 heteroatoms. The number of nitrogens with one attached hydrogen (secondary N) is 2. The number of sulfone groups is 1. The maximum absolute atomic E-state index is 11.6. The highest BCUT2D eigenvalue weighted by Gasteiger charge is 2.23. The zero-order valence-corrected chi connectivity index (χ0v) is 12.9. The van der Waals surface area contributed by atoms with Crippen LogP contribution in [0.5, 0.6) is 0 Å². The highest BCUT2D eigenvalue weighted by Crippen LogP contribution is 2.28. The summed E-state index contributed by atoms with van der Waals surface area (Å²) >= 11 is 0. The van der Waals surface area contributed by atoms with Crippen molar-refractivity contribution in [3.63, 3.8) is 0 Å². The SMILES string of the molecule is CS(=O)(=O)c1cc(NCC(=O)NCC2CC2)ccc1[N+](=O)[O-]. The van der Waals surface area contributed by atoms with Gasteiger partial charge < -0.3 is 10.6 Å². The molecular weight excluding hydrogens is 310 g/mol. The topological polar surface area (TPSA) is 118 Å². The number of anilines is 1. The number of carbonyl (C=O) groups is 1. The summed E-state index contributed by atoms with van der Waals surface area (Å²) in [5.41, 5.74) is -0.140. The lowest BCUT2D eigenvalue weighted by Gasteiger charge is -2.09. The van der Waals surface area contributed by atoms with Gasteiger partial charge in [0, 0.05) is 24.6 Å². The Morgan fingerprint density at radius 3 is 2.64 bits per heavy atom. The molecule has 8 nitrogen and oxygen atoms in total. The second-order valence-electron chi connectivity index (χ2n) is 5.31. The zero-order chi connectivity index (χ0) is 16.3. The largest absolute Gasteiger partial charge is 0.376 e. The molecule has 0 unspecified atom stereocenters. The second kappa shape index (κ2) is 6.30. The number of carbonyl (C=O) groups excluding carboxylic acids is 1. The number of nitro groups is 1. The van der Waals surface area contributed by atoms with Crippen LogP contribution in [0.25, 0.3) is 0 Å². The van der Waals surface area contributed by atoms with Crippen molar-refractivity contribution in [2.75, 3.05) is 24.7 Å². The van der Waals surface area contributed by atoms with Crippen molar-refractivity contribution in [1.82, 2.24) is 5.32 Å². The molecule has 0 saturated heterocycles. The van der Waals surface area contributed by atoms with Crippen molar-refractivity contribution in [1.29, 1.82) is 0 Å². The van der Waals surface area contributed by atoms with Crippen LogP contribution in [0.15, 0.2) is 23.1 Å². The Morgan fingerprint density at radius 2 is 2.09 bits per heavy atom. The van der Waals surface area contributed by atoms with E-state index in [9.17, 15) is 23.3 Å². The maximum Gasteiger partial charge on any atom is 0.288 e. The lowest BCUT2D eigenvalue weighted by molar-refractivity contribution is -0.387. The molecule has 2 rings (SSSR count). The summed E-state index contributed by atoms with van der Waals surface area (Å²) in [5.74, 6) is 0.367. The van der Waals surface area contributed by atoms with Crippen LogP contribution in [0.4, 0.5) is 11.4 Å². The summed E-state index contributed by atoms with van der Waals surface area (Å²) in [5, 5.41) is 16.4. The van der Waals surface area contributed by atoms with E-state index in [1.54, 1.807) is 0 Å². The predicted octanol–water partition coefficient (Wildman–Crippen LogP) is 0.936. The number of benzene rings is 1. The minimum atomic E-state index is -3.73. The van der Waals surface area contributed by atoms with Crippen LogP contribution in [0.1, 0.15) is 12.8 Å². The Morgan fingerprint density at radius 1 is 1.41 bits per heavy atom. The van der Waals surface area contributed by atoms with Crippen molar-refractivity contribution in [3.8, 4) is 0 Å². The van der Waals surface area contributed by atoms with E-state index in [0.29, 0.717) is 18.2 Å². The first-order valence-electron chi connectivity index (χ1n) is 6.76.